The molecule has 0 spiro atoms. The van der Waals surface area contributed by atoms with Crippen LogP contribution in [0, 0.1) is 13.8 Å². The van der Waals surface area contributed by atoms with E-state index in [9.17, 15) is 0 Å². The van der Waals surface area contributed by atoms with Crippen molar-refractivity contribution in [1.29, 1.82) is 0 Å². The molecule has 0 aliphatic heterocycles. The predicted molar refractivity (Wildman–Crippen MR) is 62.3 cm³/mol. The molecular weight excluding hydrogens is 202 g/mol. The van der Waals surface area contributed by atoms with Crippen molar-refractivity contribution < 1.29 is 0 Å². The van der Waals surface area contributed by atoms with Gasteiger partial charge in [0.2, 0.25) is 0 Å². The van der Waals surface area contributed by atoms with Crippen LogP contribution in [0.2, 0.25) is 0 Å². The number of hydrogen-bond donors (Lipinski definition) is 1. The second kappa shape index (κ2) is 3.52. The first-order chi connectivity index (χ1) is 7.45. The summed E-state index contributed by atoms with van der Waals surface area (Å²) in [5, 5.41) is 11.6. The molecule has 0 saturated heterocycles. The Bertz CT molecular complexity index is 526. The van der Waals surface area contributed by atoms with E-state index in [1.165, 1.54) is 0 Å². The summed E-state index contributed by atoms with van der Waals surface area (Å²) in [5.41, 5.74) is 1.85. The van der Waals surface area contributed by atoms with Crippen molar-refractivity contribution in [3.8, 4) is 0 Å². The van der Waals surface area contributed by atoms with E-state index >= 15 is 0 Å². The minimum Gasteiger partial charge on any atom is -0.308 e. The summed E-state index contributed by atoms with van der Waals surface area (Å²) in [5.74, 6) is 1.55. The molecule has 2 heterocycles. The molecule has 0 aromatic carbocycles. The Kier molecular flexibility index (Phi) is 2.42. The molecule has 0 radical (unpaired) electrons. The highest BCUT2D eigenvalue weighted by Gasteiger charge is 2.25. The molecule has 86 valence electrons. The lowest BCUT2D eigenvalue weighted by atomic mass is 10.1. The summed E-state index contributed by atoms with van der Waals surface area (Å²) in [4.78, 5) is 4.37. The maximum absolute atomic E-state index is 4.37. The maximum atomic E-state index is 4.37. The predicted octanol–water partition coefficient (Wildman–Crippen LogP) is 1.20. The Hall–Kier alpha value is -1.49. The molecule has 0 unspecified atom stereocenters. The Morgan fingerprint density at radius 3 is 2.56 bits per heavy atom. The van der Waals surface area contributed by atoms with E-state index in [1.54, 1.807) is 0 Å². The van der Waals surface area contributed by atoms with Crippen molar-refractivity contribution in [2.24, 2.45) is 0 Å². The molecule has 0 aliphatic rings. The summed E-state index contributed by atoms with van der Waals surface area (Å²) < 4.78 is 1.99. The standard InChI is InChI=1S/C11H17N5/c1-7-6-8(2)16-9(11(3,4)12-5)14-15-10(16)13-7/h6,12H,1-5H3. The van der Waals surface area contributed by atoms with E-state index in [4.69, 9.17) is 0 Å². The molecule has 2 aromatic heterocycles. The highest BCUT2D eigenvalue weighted by atomic mass is 15.3. The molecule has 2 aromatic rings. The highest BCUT2D eigenvalue weighted by molar-refractivity contribution is 5.34. The third kappa shape index (κ3) is 1.57. The molecular formula is C11H17N5. The average Bonchev–Trinajstić information content (AvgIpc) is 2.62. The maximum Gasteiger partial charge on any atom is 0.255 e. The molecule has 5 nitrogen and oxygen atoms in total. The highest BCUT2D eigenvalue weighted by Crippen LogP contribution is 2.19. The molecule has 0 saturated carbocycles. The summed E-state index contributed by atoms with van der Waals surface area (Å²) in [6, 6.07) is 2.03. The van der Waals surface area contributed by atoms with Gasteiger partial charge >= 0.3 is 0 Å². The van der Waals surface area contributed by atoms with Crippen LogP contribution in [0.3, 0.4) is 0 Å². The van der Waals surface area contributed by atoms with Crippen LogP contribution in [0.1, 0.15) is 31.1 Å². The lowest BCUT2D eigenvalue weighted by Gasteiger charge is -2.22. The first kappa shape index (κ1) is 11.0. The van der Waals surface area contributed by atoms with Gasteiger partial charge in [0.25, 0.3) is 5.78 Å². The zero-order valence-electron chi connectivity index (χ0n) is 10.4. The molecule has 1 N–H and O–H groups in total. The third-order valence-corrected chi connectivity index (χ3v) is 2.88. The molecule has 5 heteroatoms. The van der Waals surface area contributed by atoms with Crippen molar-refractivity contribution in [2.75, 3.05) is 7.05 Å². The number of aryl methyl sites for hydroxylation is 2. The fourth-order valence-corrected chi connectivity index (χ4v) is 1.75. The summed E-state index contributed by atoms with van der Waals surface area (Å²) in [6.45, 7) is 8.15. The number of fused-ring (bicyclic) bond motifs is 1. The molecule has 0 aliphatic carbocycles. The van der Waals surface area contributed by atoms with Gasteiger partial charge in [-0.1, -0.05) is 0 Å². The van der Waals surface area contributed by atoms with E-state index in [-0.39, 0.29) is 5.54 Å². The van der Waals surface area contributed by atoms with Gasteiger partial charge in [0.1, 0.15) is 0 Å². The van der Waals surface area contributed by atoms with Crippen LogP contribution in [0.4, 0.5) is 0 Å². The van der Waals surface area contributed by atoms with Gasteiger partial charge in [0.05, 0.1) is 5.54 Å². The lowest BCUT2D eigenvalue weighted by Crippen LogP contribution is -2.35. The Balaban J connectivity index is 2.74. The van der Waals surface area contributed by atoms with Gasteiger partial charge in [-0.3, -0.25) is 4.40 Å². The fraction of sp³-hybridized carbons (Fsp3) is 0.545. The normalized spacial score (nSPS) is 12.3. The summed E-state index contributed by atoms with van der Waals surface area (Å²) in [7, 11) is 1.91. The van der Waals surface area contributed by atoms with Crippen molar-refractivity contribution >= 4 is 5.78 Å². The number of nitrogens with one attached hydrogen (secondary N) is 1. The fourth-order valence-electron chi connectivity index (χ4n) is 1.75. The first-order valence-corrected chi connectivity index (χ1v) is 5.34. The number of hydrogen-bond acceptors (Lipinski definition) is 4. The van der Waals surface area contributed by atoms with Crippen LogP contribution in [-0.4, -0.2) is 26.6 Å². The van der Waals surface area contributed by atoms with Crippen LogP contribution < -0.4 is 5.32 Å². The number of nitrogens with zero attached hydrogens (tertiary/aromatic N) is 4. The molecule has 16 heavy (non-hydrogen) atoms. The van der Waals surface area contributed by atoms with Gasteiger partial charge < -0.3 is 5.32 Å². The molecule has 0 amide bonds. The van der Waals surface area contributed by atoms with Gasteiger partial charge in [-0.15, -0.1) is 10.2 Å². The van der Waals surface area contributed by atoms with Crippen LogP contribution in [0.15, 0.2) is 6.07 Å². The second-order valence-corrected chi connectivity index (χ2v) is 4.57. The quantitative estimate of drug-likeness (QED) is 0.824. The SMILES string of the molecule is CNC(C)(C)c1nnc2nc(C)cc(C)n12. The summed E-state index contributed by atoms with van der Waals surface area (Å²) >= 11 is 0. The smallest absolute Gasteiger partial charge is 0.255 e. The topological polar surface area (TPSA) is 55.1 Å². The largest absolute Gasteiger partial charge is 0.308 e. The van der Waals surface area contributed by atoms with Crippen molar-refractivity contribution in [3.05, 3.63) is 23.3 Å². The number of rotatable bonds is 2. The Labute approximate surface area is 94.9 Å². The Morgan fingerprint density at radius 2 is 1.94 bits per heavy atom. The monoisotopic (exact) mass is 219 g/mol. The van der Waals surface area contributed by atoms with E-state index in [0.717, 1.165) is 17.2 Å². The third-order valence-electron chi connectivity index (χ3n) is 2.88. The Morgan fingerprint density at radius 1 is 1.25 bits per heavy atom. The van der Waals surface area contributed by atoms with Crippen molar-refractivity contribution in [3.63, 3.8) is 0 Å². The van der Waals surface area contributed by atoms with Gasteiger partial charge in [-0.05, 0) is 40.8 Å². The van der Waals surface area contributed by atoms with Crippen LogP contribution in [0.5, 0.6) is 0 Å². The van der Waals surface area contributed by atoms with E-state index in [2.05, 4.69) is 34.3 Å². The van der Waals surface area contributed by atoms with E-state index in [0.29, 0.717) is 5.78 Å². The molecule has 0 atom stereocenters. The van der Waals surface area contributed by atoms with Crippen LogP contribution in [-0.2, 0) is 5.54 Å². The average molecular weight is 219 g/mol. The molecule has 2 rings (SSSR count). The van der Waals surface area contributed by atoms with Gasteiger partial charge in [-0.2, -0.15) is 0 Å². The lowest BCUT2D eigenvalue weighted by molar-refractivity contribution is 0.411. The molecule has 0 bridgehead atoms. The zero-order valence-corrected chi connectivity index (χ0v) is 10.4. The van der Waals surface area contributed by atoms with Crippen LogP contribution >= 0.6 is 0 Å². The first-order valence-electron chi connectivity index (χ1n) is 5.34. The molecule has 0 fully saturated rings. The zero-order chi connectivity index (χ0) is 11.9. The van der Waals surface area contributed by atoms with Crippen LogP contribution in [0.25, 0.3) is 5.78 Å². The van der Waals surface area contributed by atoms with E-state index in [1.807, 2.05) is 31.4 Å². The van der Waals surface area contributed by atoms with Gasteiger partial charge in [0, 0.05) is 11.4 Å². The van der Waals surface area contributed by atoms with E-state index < -0.39 is 0 Å². The summed E-state index contributed by atoms with van der Waals surface area (Å²) in [6.07, 6.45) is 0. The second-order valence-electron chi connectivity index (χ2n) is 4.57. The van der Waals surface area contributed by atoms with Gasteiger partial charge in [0.15, 0.2) is 5.82 Å². The minimum absolute atomic E-state index is 0.221. The number of aromatic nitrogens is 4. The van der Waals surface area contributed by atoms with Gasteiger partial charge in [-0.25, -0.2) is 4.98 Å². The minimum atomic E-state index is -0.221. The van der Waals surface area contributed by atoms with Crippen molar-refractivity contribution in [1.82, 2.24) is 24.9 Å². The van der Waals surface area contributed by atoms with Crippen molar-refractivity contribution in [2.45, 2.75) is 33.2 Å².